The molecule has 2 heterocycles. The summed E-state index contributed by atoms with van der Waals surface area (Å²) in [5.74, 6) is 1.76. The Bertz CT molecular complexity index is 500. The Balaban J connectivity index is 0.00000127. The van der Waals surface area contributed by atoms with Crippen molar-refractivity contribution in [3.63, 3.8) is 0 Å². The highest BCUT2D eigenvalue weighted by Gasteiger charge is 2.10. The van der Waals surface area contributed by atoms with Crippen LogP contribution in [0.4, 0.5) is 0 Å². The summed E-state index contributed by atoms with van der Waals surface area (Å²) < 4.78 is 13.3. The predicted molar refractivity (Wildman–Crippen MR) is 95.3 cm³/mol. The number of hydrogen-bond donors (Lipinski definition) is 0. The molecule has 1 aliphatic rings. The zero-order valence-electron chi connectivity index (χ0n) is 15.2. The van der Waals surface area contributed by atoms with Crippen molar-refractivity contribution in [1.29, 1.82) is 0 Å². The summed E-state index contributed by atoms with van der Waals surface area (Å²) in [5, 5.41) is 0. The second-order valence-electron chi connectivity index (χ2n) is 5.17. The lowest BCUT2D eigenvalue weighted by Crippen LogP contribution is -2.38. The number of morpholine rings is 1. The Morgan fingerprint density at radius 1 is 1.35 bits per heavy atom. The molecule has 0 aliphatic carbocycles. The fourth-order valence-corrected chi connectivity index (χ4v) is 2.19. The van der Waals surface area contributed by atoms with Crippen LogP contribution < -0.4 is 0 Å². The van der Waals surface area contributed by atoms with E-state index in [0.29, 0.717) is 6.61 Å². The van der Waals surface area contributed by atoms with Gasteiger partial charge < -0.3 is 14.0 Å². The van der Waals surface area contributed by atoms with E-state index in [-0.39, 0.29) is 0 Å². The van der Waals surface area contributed by atoms with Gasteiger partial charge in [-0.1, -0.05) is 19.9 Å². The lowest BCUT2D eigenvalue weighted by Gasteiger charge is -2.26. The van der Waals surface area contributed by atoms with Gasteiger partial charge in [-0.3, -0.25) is 4.90 Å². The zero-order valence-corrected chi connectivity index (χ0v) is 15.2. The first-order chi connectivity index (χ1) is 11.2. The van der Waals surface area contributed by atoms with Gasteiger partial charge in [-0.05, 0) is 19.9 Å². The molecule has 1 aromatic rings. The van der Waals surface area contributed by atoms with Gasteiger partial charge in [0, 0.05) is 44.6 Å². The molecule has 0 spiro atoms. The van der Waals surface area contributed by atoms with Crippen LogP contribution in [0.1, 0.15) is 32.3 Å². The molecule has 130 valence electrons. The summed E-state index contributed by atoms with van der Waals surface area (Å²) in [4.78, 5) is 6.74. The van der Waals surface area contributed by atoms with Crippen LogP contribution in [0.3, 0.4) is 0 Å². The smallest absolute Gasteiger partial charge is 0.136 e. The minimum absolute atomic E-state index is 0.680. The average Bonchev–Trinajstić information content (AvgIpc) is 2.90. The quantitative estimate of drug-likeness (QED) is 0.596. The van der Waals surface area contributed by atoms with Gasteiger partial charge in [-0.25, -0.2) is 4.98 Å². The third-order valence-electron chi connectivity index (χ3n) is 3.64. The van der Waals surface area contributed by atoms with E-state index in [4.69, 9.17) is 9.47 Å². The van der Waals surface area contributed by atoms with E-state index in [1.165, 1.54) is 0 Å². The summed E-state index contributed by atoms with van der Waals surface area (Å²) in [6.45, 7) is 13.3. The molecule has 5 nitrogen and oxygen atoms in total. The number of imidazole rings is 1. The van der Waals surface area contributed by atoms with E-state index in [0.717, 1.165) is 50.1 Å². The van der Waals surface area contributed by atoms with Gasteiger partial charge in [-0.2, -0.15) is 0 Å². The molecule has 1 fully saturated rings. The van der Waals surface area contributed by atoms with Crippen LogP contribution in [0.2, 0.25) is 0 Å². The molecule has 0 radical (unpaired) electrons. The number of allylic oxidation sites excluding steroid dienone is 2. The van der Waals surface area contributed by atoms with Gasteiger partial charge in [0.1, 0.15) is 18.2 Å². The average molecular weight is 321 g/mol. The molecule has 0 amide bonds. The summed E-state index contributed by atoms with van der Waals surface area (Å²) >= 11 is 0. The minimum Gasteiger partial charge on any atom is -0.492 e. The molecule has 5 heteroatoms. The summed E-state index contributed by atoms with van der Waals surface area (Å²) in [6.07, 6.45) is 7.80. The predicted octanol–water partition coefficient (Wildman–Crippen LogP) is 3.02. The first-order valence-electron chi connectivity index (χ1n) is 8.46. The first-order valence-corrected chi connectivity index (χ1v) is 8.46. The molecular weight excluding hydrogens is 290 g/mol. The molecule has 0 bridgehead atoms. The maximum Gasteiger partial charge on any atom is 0.136 e. The van der Waals surface area contributed by atoms with Crippen molar-refractivity contribution in [2.45, 2.75) is 27.7 Å². The van der Waals surface area contributed by atoms with Crippen LogP contribution in [0, 0.1) is 6.92 Å². The lowest BCUT2D eigenvalue weighted by molar-refractivity contribution is 0.0283. The number of ether oxygens (including phenoxy) is 2. The third kappa shape index (κ3) is 6.59. The molecule has 1 aliphatic heterocycles. The van der Waals surface area contributed by atoms with Crippen LogP contribution in [-0.4, -0.2) is 53.9 Å². The zero-order chi connectivity index (χ0) is 17.1. The Labute approximate surface area is 140 Å². The van der Waals surface area contributed by atoms with Gasteiger partial charge in [0.2, 0.25) is 0 Å². The fraction of sp³-hybridized carbons (Fsp3) is 0.611. The fourth-order valence-electron chi connectivity index (χ4n) is 2.19. The minimum atomic E-state index is 0.680. The van der Waals surface area contributed by atoms with Crippen molar-refractivity contribution in [3.8, 4) is 0 Å². The van der Waals surface area contributed by atoms with Gasteiger partial charge >= 0.3 is 0 Å². The molecule has 0 unspecified atom stereocenters. The van der Waals surface area contributed by atoms with E-state index in [9.17, 15) is 0 Å². The monoisotopic (exact) mass is 321 g/mol. The van der Waals surface area contributed by atoms with Crippen molar-refractivity contribution >= 4 is 6.08 Å². The molecule has 0 aromatic carbocycles. The molecule has 23 heavy (non-hydrogen) atoms. The Morgan fingerprint density at radius 3 is 2.61 bits per heavy atom. The third-order valence-corrected chi connectivity index (χ3v) is 3.64. The number of nitrogens with zero attached hydrogens (tertiary/aromatic N) is 3. The van der Waals surface area contributed by atoms with Gasteiger partial charge in [0.15, 0.2) is 0 Å². The van der Waals surface area contributed by atoms with Crippen molar-refractivity contribution < 1.29 is 9.47 Å². The number of aromatic nitrogens is 2. The summed E-state index contributed by atoms with van der Waals surface area (Å²) in [6, 6.07) is 0. The Kier molecular flexibility index (Phi) is 9.33. The van der Waals surface area contributed by atoms with Crippen LogP contribution >= 0.6 is 0 Å². The molecule has 0 N–H and O–H groups in total. The van der Waals surface area contributed by atoms with Crippen LogP contribution in [0.25, 0.3) is 6.08 Å². The maximum absolute atomic E-state index is 5.89. The van der Waals surface area contributed by atoms with Gasteiger partial charge in [0.25, 0.3) is 0 Å². The summed E-state index contributed by atoms with van der Waals surface area (Å²) in [5.41, 5.74) is 1.13. The molecular formula is C18H31N3O2. The summed E-state index contributed by atoms with van der Waals surface area (Å²) in [7, 11) is 2.01. The Hall–Kier alpha value is -1.59. The van der Waals surface area contributed by atoms with Crippen molar-refractivity contribution in [2.75, 3.05) is 39.5 Å². The largest absolute Gasteiger partial charge is 0.492 e. The Morgan fingerprint density at radius 2 is 2.04 bits per heavy atom. The standard InChI is InChI=1S/C16H25N3O2.C2H6/c1-4-5-15(12-16-17-13-14(2)18(16)3)21-11-8-19-6-9-20-10-7-19;1-2/h4-5,12-13H,6-11H2,1-3H3;1-2H3/b5-4-,15-12+;. The van der Waals surface area contributed by atoms with Crippen LogP contribution in [-0.2, 0) is 16.5 Å². The molecule has 1 saturated heterocycles. The molecule has 2 rings (SSSR count). The normalized spacial score (nSPS) is 16.3. The van der Waals surface area contributed by atoms with Crippen molar-refractivity contribution in [1.82, 2.24) is 14.5 Å². The van der Waals surface area contributed by atoms with E-state index in [1.807, 2.05) is 59.2 Å². The first kappa shape index (κ1) is 19.5. The van der Waals surface area contributed by atoms with E-state index in [1.54, 1.807) is 0 Å². The second-order valence-corrected chi connectivity index (χ2v) is 5.17. The van der Waals surface area contributed by atoms with E-state index in [2.05, 4.69) is 14.5 Å². The lowest BCUT2D eigenvalue weighted by atomic mass is 10.3. The highest BCUT2D eigenvalue weighted by Crippen LogP contribution is 2.10. The van der Waals surface area contributed by atoms with Crippen LogP contribution in [0.15, 0.2) is 24.1 Å². The highest BCUT2D eigenvalue weighted by atomic mass is 16.5. The topological polar surface area (TPSA) is 39.5 Å². The highest BCUT2D eigenvalue weighted by molar-refractivity contribution is 5.47. The van der Waals surface area contributed by atoms with E-state index < -0.39 is 0 Å². The van der Waals surface area contributed by atoms with Crippen LogP contribution in [0.5, 0.6) is 0 Å². The van der Waals surface area contributed by atoms with E-state index >= 15 is 0 Å². The molecule has 1 aromatic heterocycles. The number of hydrogen-bond acceptors (Lipinski definition) is 4. The van der Waals surface area contributed by atoms with Crippen molar-refractivity contribution in [2.24, 2.45) is 7.05 Å². The second kappa shape index (κ2) is 11.0. The molecule has 0 atom stereocenters. The van der Waals surface area contributed by atoms with Gasteiger partial charge in [-0.15, -0.1) is 0 Å². The number of aryl methyl sites for hydroxylation is 1. The van der Waals surface area contributed by atoms with Gasteiger partial charge in [0.05, 0.1) is 13.2 Å². The van der Waals surface area contributed by atoms with Crippen molar-refractivity contribution in [3.05, 3.63) is 35.6 Å². The number of rotatable bonds is 6. The SMILES string of the molecule is C/C=C\C(=C/c1ncc(C)n1C)OCCN1CCOCC1.CC. The molecule has 0 saturated carbocycles. The maximum atomic E-state index is 5.89.